The van der Waals surface area contributed by atoms with E-state index >= 15 is 0 Å². The first-order valence-electron chi connectivity index (χ1n) is 11.5. The highest BCUT2D eigenvalue weighted by Gasteiger charge is 2.18. The normalized spacial score (nSPS) is 11.4. The predicted octanol–water partition coefficient (Wildman–Crippen LogP) is 3.01. The molecule has 4 aromatic heterocycles. The van der Waals surface area contributed by atoms with Crippen LogP contribution >= 0.6 is 0 Å². The molecule has 0 saturated carbocycles. The van der Waals surface area contributed by atoms with Crippen molar-refractivity contribution in [2.45, 2.75) is 40.7 Å². The molecule has 0 aromatic carbocycles. The van der Waals surface area contributed by atoms with Gasteiger partial charge in [0.2, 0.25) is 17.7 Å². The topological polar surface area (TPSA) is 151 Å². The van der Waals surface area contributed by atoms with Crippen molar-refractivity contribution in [2.24, 2.45) is 11.8 Å². The minimum absolute atomic E-state index is 0.101. The van der Waals surface area contributed by atoms with Gasteiger partial charge in [0.1, 0.15) is 6.54 Å². The molecule has 0 aliphatic carbocycles. The number of hydrogen-bond donors (Lipinski definition) is 2. The second kappa shape index (κ2) is 10.4. The molecule has 182 valence electrons. The smallest absolute Gasteiger partial charge is 0.261 e. The Labute approximate surface area is 203 Å². The van der Waals surface area contributed by atoms with Crippen LogP contribution in [0.15, 0.2) is 41.6 Å². The number of pyridine rings is 1. The van der Waals surface area contributed by atoms with E-state index in [1.54, 1.807) is 35.7 Å². The second-order valence-corrected chi connectivity index (χ2v) is 9.20. The zero-order valence-corrected chi connectivity index (χ0v) is 20.3. The van der Waals surface area contributed by atoms with Crippen molar-refractivity contribution in [3.05, 3.63) is 42.6 Å². The van der Waals surface area contributed by atoms with Crippen molar-refractivity contribution in [3.63, 3.8) is 0 Å². The van der Waals surface area contributed by atoms with Crippen LogP contribution in [0, 0.1) is 11.8 Å². The van der Waals surface area contributed by atoms with Gasteiger partial charge in [0.05, 0.1) is 17.5 Å². The number of hydrogen-bond acceptors (Lipinski definition) is 9. The van der Waals surface area contributed by atoms with E-state index in [2.05, 4.69) is 49.4 Å². The number of rotatable bonds is 9. The van der Waals surface area contributed by atoms with Gasteiger partial charge in [0, 0.05) is 42.5 Å². The summed E-state index contributed by atoms with van der Waals surface area (Å²) in [7, 11) is 0. The number of anilines is 1. The fourth-order valence-corrected chi connectivity index (χ4v) is 3.47. The fourth-order valence-electron chi connectivity index (χ4n) is 3.47. The van der Waals surface area contributed by atoms with E-state index in [1.165, 1.54) is 0 Å². The van der Waals surface area contributed by atoms with Gasteiger partial charge in [-0.15, -0.1) is 0 Å². The molecule has 0 saturated heterocycles. The molecule has 4 heterocycles. The summed E-state index contributed by atoms with van der Waals surface area (Å²) in [6.07, 6.45) is 9.15. The number of nitrogens with one attached hydrogen (secondary N) is 1. The Hall–Kier alpha value is -4.15. The minimum Gasteiger partial charge on any atom is -0.368 e. The van der Waals surface area contributed by atoms with Gasteiger partial charge in [-0.25, -0.2) is 9.97 Å². The van der Waals surface area contributed by atoms with Crippen LogP contribution in [0.2, 0.25) is 0 Å². The molecule has 0 bridgehead atoms. The molecule has 0 fully saturated rings. The lowest BCUT2D eigenvalue weighted by atomic mass is 9.97. The lowest BCUT2D eigenvalue weighted by Crippen LogP contribution is -2.30. The van der Waals surface area contributed by atoms with Crippen molar-refractivity contribution in [1.82, 2.24) is 40.2 Å². The summed E-state index contributed by atoms with van der Waals surface area (Å²) in [4.78, 5) is 29.3. The molecule has 0 radical (unpaired) electrons. The third kappa shape index (κ3) is 6.05. The second-order valence-electron chi connectivity index (χ2n) is 9.20. The molecule has 0 aliphatic heterocycles. The third-order valence-electron chi connectivity index (χ3n) is 5.15. The van der Waals surface area contributed by atoms with Crippen LogP contribution in [0.1, 0.15) is 33.3 Å². The predicted molar refractivity (Wildman–Crippen MR) is 131 cm³/mol. The van der Waals surface area contributed by atoms with Crippen LogP contribution in [0.4, 0.5) is 5.95 Å². The zero-order chi connectivity index (χ0) is 24.9. The Morgan fingerprint density at radius 3 is 2.54 bits per heavy atom. The van der Waals surface area contributed by atoms with E-state index in [0.717, 1.165) is 28.8 Å². The zero-order valence-electron chi connectivity index (χ0n) is 20.3. The molecule has 0 spiro atoms. The molecule has 3 N–H and O–H groups in total. The van der Waals surface area contributed by atoms with E-state index in [1.807, 2.05) is 19.9 Å². The van der Waals surface area contributed by atoms with Crippen molar-refractivity contribution in [2.75, 3.05) is 12.3 Å². The summed E-state index contributed by atoms with van der Waals surface area (Å²) in [5, 5.41) is 11.3. The third-order valence-corrected chi connectivity index (χ3v) is 5.15. The highest BCUT2D eigenvalue weighted by atomic mass is 16.5. The van der Waals surface area contributed by atoms with Crippen molar-refractivity contribution >= 4 is 11.9 Å². The van der Waals surface area contributed by atoms with E-state index in [0.29, 0.717) is 35.7 Å². The fraction of sp³-hybridized carbons (Fsp3) is 0.375. The number of nitrogens with zero attached hydrogens (tertiary/aromatic N) is 7. The van der Waals surface area contributed by atoms with E-state index < -0.39 is 0 Å². The Balaban J connectivity index is 1.56. The number of nitrogen functional groups attached to an aromatic ring is 1. The van der Waals surface area contributed by atoms with E-state index in [9.17, 15) is 4.79 Å². The Morgan fingerprint density at radius 2 is 1.83 bits per heavy atom. The molecule has 11 heteroatoms. The van der Waals surface area contributed by atoms with Gasteiger partial charge in [-0.1, -0.05) is 32.9 Å². The summed E-state index contributed by atoms with van der Waals surface area (Å²) in [6, 6.07) is 1.99. The average molecular weight is 476 g/mol. The standard InChI is InChI=1S/C24H29N9O2/c1-14(2)5-16-6-20(17-8-28-24(25)29-9-17)26-11-19(16)22-31-23(35-32-22)18-10-30-33(12-18)13-21(34)27-7-15(3)4/h6,8-12,14-15H,5,7,13H2,1-4H3,(H,27,34)(H2,25,28,29). The molecule has 0 unspecified atom stereocenters. The number of nitrogens with two attached hydrogens (primary N) is 1. The van der Waals surface area contributed by atoms with E-state index in [4.69, 9.17) is 10.3 Å². The summed E-state index contributed by atoms with van der Waals surface area (Å²) in [5.74, 6) is 1.65. The molecular weight excluding hydrogens is 446 g/mol. The quantitative estimate of drug-likeness (QED) is 0.372. The number of carbonyl (C=O) groups excluding carboxylic acids is 1. The lowest BCUT2D eigenvalue weighted by molar-refractivity contribution is -0.122. The van der Waals surface area contributed by atoms with Crippen LogP contribution < -0.4 is 11.1 Å². The molecule has 0 aliphatic rings. The first-order valence-corrected chi connectivity index (χ1v) is 11.5. The van der Waals surface area contributed by atoms with Crippen LogP contribution in [-0.2, 0) is 17.8 Å². The molecule has 4 aromatic rings. The molecule has 4 rings (SSSR count). The summed E-state index contributed by atoms with van der Waals surface area (Å²) >= 11 is 0. The minimum atomic E-state index is -0.101. The van der Waals surface area contributed by atoms with Crippen molar-refractivity contribution < 1.29 is 9.32 Å². The van der Waals surface area contributed by atoms with Crippen molar-refractivity contribution in [1.29, 1.82) is 0 Å². The monoisotopic (exact) mass is 475 g/mol. The van der Waals surface area contributed by atoms with Gasteiger partial charge in [-0.3, -0.25) is 14.5 Å². The van der Waals surface area contributed by atoms with Crippen LogP contribution in [0.5, 0.6) is 0 Å². The van der Waals surface area contributed by atoms with Gasteiger partial charge in [0.15, 0.2) is 0 Å². The maximum Gasteiger partial charge on any atom is 0.261 e. The van der Waals surface area contributed by atoms with Gasteiger partial charge in [-0.2, -0.15) is 10.1 Å². The van der Waals surface area contributed by atoms with E-state index in [-0.39, 0.29) is 18.4 Å². The Morgan fingerprint density at radius 1 is 1.06 bits per heavy atom. The van der Waals surface area contributed by atoms with Crippen LogP contribution in [0.3, 0.4) is 0 Å². The van der Waals surface area contributed by atoms with Gasteiger partial charge >= 0.3 is 0 Å². The van der Waals surface area contributed by atoms with Crippen LogP contribution in [0.25, 0.3) is 34.1 Å². The first-order chi connectivity index (χ1) is 16.8. The lowest BCUT2D eigenvalue weighted by Gasteiger charge is -2.11. The van der Waals surface area contributed by atoms with Gasteiger partial charge in [-0.05, 0) is 29.9 Å². The van der Waals surface area contributed by atoms with Gasteiger partial charge in [0.25, 0.3) is 5.89 Å². The molecular formula is C24H29N9O2. The Bertz CT molecular complexity index is 1290. The number of aromatic nitrogens is 7. The first kappa shape index (κ1) is 24.0. The number of amides is 1. The maximum absolute atomic E-state index is 12.1. The molecule has 35 heavy (non-hydrogen) atoms. The largest absolute Gasteiger partial charge is 0.368 e. The SMILES string of the molecule is CC(C)CNC(=O)Cn1cc(-c2nc(-c3cnc(-c4cnc(N)nc4)cc3CC(C)C)no2)cn1. The van der Waals surface area contributed by atoms with Gasteiger partial charge < -0.3 is 15.6 Å². The summed E-state index contributed by atoms with van der Waals surface area (Å²) in [5.41, 5.74) is 9.57. The maximum atomic E-state index is 12.1. The highest BCUT2D eigenvalue weighted by molar-refractivity contribution is 5.75. The van der Waals surface area contributed by atoms with Crippen molar-refractivity contribution in [3.8, 4) is 34.1 Å². The molecule has 11 nitrogen and oxygen atoms in total. The van der Waals surface area contributed by atoms with Crippen LogP contribution in [-0.4, -0.2) is 47.3 Å². The molecule has 1 amide bonds. The molecule has 0 atom stereocenters. The average Bonchev–Trinajstić information content (AvgIpc) is 3.47. The Kier molecular flexibility index (Phi) is 7.14. The summed E-state index contributed by atoms with van der Waals surface area (Å²) in [6.45, 7) is 9.11. The summed E-state index contributed by atoms with van der Waals surface area (Å²) < 4.78 is 7.06. The highest BCUT2D eigenvalue weighted by Crippen LogP contribution is 2.28. The number of carbonyl (C=O) groups is 1.